The Morgan fingerprint density at radius 3 is 2.86 bits per heavy atom. The number of carbonyl (C=O) groups excluding carboxylic acids is 1. The fourth-order valence-electron chi connectivity index (χ4n) is 1.72. The Morgan fingerprint density at radius 2 is 2.10 bits per heavy atom. The predicted octanol–water partition coefficient (Wildman–Crippen LogP) is 2.85. The summed E-state index contributed by atoms with van der Waals surface area (Å²) in [4.78, 5) is 16.0. The molecule has 0 atom stereocenters. The average molecular weight is 306 g/mol. The Hall–Kier alpha value is -2.11. The summed E-state index contributed by atoms with van der Waals surface area (Å²) in [6.07, 6.45) is 1.58. The van der Waals surface area contributed by atoms with Gasteiger partial charge in [0, 0.05) is 36.2 Å². The van der Waals surface area contributed by atoms with Crippen LogP contribution in [0.3, 0.4) is 0 Å². The third-order valence-electron chi connectivity index (χ3n) is 2.70. The zero-order valence-corrected chi connectivity index (χ0v) is 12.4. The van der Waals surface area contributed by atoms with E-state index in [2.05, 4.69) is 15.6 Å². The second-order valence-electron chi connectivity index (χ2n) is 4.31. The minimum Gasteiger partial charge on any atom is -0.383 e. The van der Waals surface area contributed by atoms with Gasteiger partial charge in [0.15, 0.2) is 0 Å². The van der Waals surface area contributed by atoms with E-state index < -0.39 is 0 Å². The van der Waals surface area contributed by atoms with Gasteiger partial charge in [0.2, 0.25) is 0 Å². The van der Waals surface area contributed by atoms with Gasteiger partial charge in [0.25, 0.3) is 5.91 Å². The van der Waals surface area contributed by atoms with E-state index >= 15 is 0 Å². The smallest absolute Gasteiger partial charge is 0.270 e. The number of amides is 1. The lowest BCUT2D eigenvalue weighted by Gasteiger charge is -2.08. The number of hydrogen-bond acceptors (Lipinski definition) is 4. The number of anilines is 2. The minimum atomic E-state index is -0.234. The fraction of sp³-hybridized carbons (Fsp3) is 0.200. The Morgan fingerprint density at radius 1 is 1.29 bits per heavy atom. The molecule has 1 heterocycles. The molecule has 110 valence electrons. The number of methoxy groups -OCH3 is 1. The van der Waals surface area contributed by atoms with Gasteiger partial charge in [-0.3, -0.25) is 9.78 Å². The van der Waals surface area contributed by atoms with Crippen molar-refractivity contribution in [2.24, 2.45) is 0 Å². The number of ether oxygens (including phenoxy) is 1. The molecule has 1 aromatic heterocycles. The number of rotatable bonds is 6. The first-order chi connectivity index (χ1) is 10.2. The number of nitrogens with one attached hydrogen (secondary N) is 2. The lowest BCUT2D eigenvalue weighted by Crippen LogP contribution is -2.27. The molecule has 2 N–H and O–H groups in total. The van der Waals surface area contributed by atoms with Gasteiger partial charge in [-0.15, -0.1) is 0 Å². The third-order valence-corrected chi connectivity index (χ3v) is 2.93. The number of carbonyl (C=O) groups is 1. The number of benzene rings is 1. The molecule has 0 aliphatic rings. The summed E-state index contributed by atoms with van der Waals surface area (Å²) in [5.41, 5.74) is 1.96. The van der Waals surface area contributed by atoms with Crippen LogP contribution in [-0.4, -0.2) is 31.2 Å². The highest BCUT2D eigenvalue weighted by Gasteiger charge is 2.07. The largest absolute Gasteiger partial charge is 0.383 e. The number of pyridine rings is 1. The molecule has 2 aromatic rings. The third kappa shape index (κ3) is 4.73. The van der Waals surface area contributed by atoms with Crippen molar-refractivity contribution >= 4 is 28.9 Å². The van der Waals surface area contributed by atoms with Crippen molar-refractivity contribution in [3.05, 3.63) is 53.3 Å². The molecule has 0 saturated heterocycles. The second-order valence-corrected chi connectivity index (χ2v) is 4.75. The van der Waals surface area contributed by atoms with E-state index in [0.717, 1.165) is 11.4 Å². The summed E-state index contributed by atoms with van der Waals surface area (Å²) in [6.45, 7) is 0.912. The second kappa shape index (κ2) is 7.61. The van der Waals surface area contributed by atoms with Crippen LogP contribution in [0.5, 0.6) is 0 Å². The van der Waals surface area contributed by atoms with Crippen LogP contribution in [0.4, 0.5) is 11.4 Å². The fourth-order valence-corrected chi connectivity index (χ4v) is 1.91. The highest BCUT2D eigenvalue weighted by Crippen LogP contribution is 2.20. The number of hydrogen-bond donors (Lipinski definition) is 2. The van der Waals surface area contributed by atoms with Crippen molar-refractivity contribution in [2.75, 3.05) is 25.6 Å². The van der Waals surface area contributed by atoms with Crippen molar-refractivity contribution in [1.29, 1.82) is 0 Å². The van der Waals surface area contributed by atoms with Gasteiger partial charge >= 0.3 is 0 Å². The summed E-state index contributed by atoms with van der Waals surface area (Å²) in [5, 5.41) is 6.55. The molecule has 0 aliphatic heterocycles. The number of nitrogens with zero attached hydrogens (tertiary/aromatic N) is 1. The van der Waals surface area contributed by atoms with Gasteiger partial charge in [-0.25, -0.2) is 0 Å². The van der Waals surface area contributed by atoms with Crippen molar-refractivity contribution in [3.8, 4) is 0 Å². The Balaban J connectivity index is 2.05. The molecule has 0 saturated carbocycles. The van der Waals surface area contributed by atoms with Crippen LogP contribution in [0.25, 0.3) is 0 Å². The van der Waals surface area contributed by atoms with Crippen LogP contribution in [0.2, 0.25) is 5.02 Å². The molecule has 0 unspecified atom stereocenters. The van der Waals surface area contributed by atoms with Gasteiger partial charge in [-0.1, -0.05) is 17.7 Å². The maximum absolute atomic E-state index is 11.9. The summed E-state index contributed by atoms with van der Waals surface area (Å²) >= 11 is 5.94. The molecule has 6 heteroatoms. The van der Waals surface area contributed by atoms with E-state index in [1.807, 2.05) is 12.1 Å². The maximum atomic E-state index is 11.9. The monoisotopic (exact) mass is 305 g/mol. The lowest BCUT2D eigenvalue weighted by molar-refractivity contribution is 0.0932. The Kier molecular flexibility index (Phi) is 5.54. The first kappa shape index (κ1) is 15.3. The van der Waals surface area contributed by atoms with E-state index in [1.54, 1.807) is 37.6 Å². The van der Waals surface area contributed by atoms with Crippen molar-refractivity contribution < 1.29 is 9.53 Å². The first-order valence-corrected chi connectivity index (χ1v) is 6.82. The molecular weight excluding hydrogens is 290 g/mol. The summed E-state index contributed by atoms with van der Waals surface area (Å²) < 4.78 is 4.88. The lowest BCUT2D eigenvalue weighted by atomic mass is 10.2. The molecule has 2 rings (SSSR count). The SMILES string of the molecule is COCCNC(=O)c1cc(Nc2cccc(Cl)c2)ccn1. The standard InChI is InChI=1S/C15H16ClN3O2/c1-21-8-7-18-15(20)14-10-13(5-6-17-14)19-12-4-2-3-11(16)9-12/h2-6,9-10H,7-8H2,1H3,(H,17,19)(H,18,20). The highest BCUT2D eigenvalue weighted by atomic mass is 35.5. The van der Waals surface area contributed by atoms with Crippen molar-refractivity contribution in [1.82, 2.24) is 10.3 Å². The van der Waals surface area contributed by atoms with E-state index in [9.17, 15) is 4.79 Å². The topological polar surface area (TPSA) is 63.2 Å². The van der Waals surface area contributed by atoms with E-state index in [1.165, 1.54) is 0 Å². The minimum absolute atomic E-state index is 0.234. The zero-order valence-electron chi connectivity index (χ0n) is 11.6. The molecule has 1 aromatic carbocycles. The van der Waals surface area contributed by atoms with Gasteiger partial charge in [0.05, 0.1) is 6.61 Å². The summed E-state index contributed by atoms with van der Waals surface area (Å²) in [5.74, 6) is -0.234. The van der Waals surface area contributed by atoms with E-state index in [-0.39, 0.29) is 5.91 Å². The van der Waals surface area contributed by atoms with Gasteiger partial charge in [-0.05, 0) is 30.3 Å². The van der Waals surface area contributed by atoms with Crippen LogP contribution in [0, 0.1) is 0 Å². The highest BCUT2D eigenvalue weighted by molar-refractivity contribution is 6.30. The average Bonchev–Trinajstić information content (AvgIpc) is 2.48. The normalized spacial score (nSPS) is 10.2. The predicted molar refractivity (Wildman–Crippen MR) is 83.2 cm³/mol. The zero-order chi connectivity index (χ0) is 15.1. The Bertz CT molecular complexity index is 619. The molecule has 0 aliphatic carbocycles. The van der Waals surface area contributed by atoms with Crippen LogP contribution < -0.4 is 10.6 Å². The van der Waals surface area contributed by atoms with Crippen LogP contribution in [-0.2, 0) is 4.74 Å². The van der Waals surface area contributed by atoms with Crippen LogP contribution in [0.1, 0.15) is 10.5 Å². The molecular formula is C15H16ClN3O2. The molecule has 0 bridgehead atoms. The number of halogens is 1. The quantitative estimate of drug-likeness (QED) is 0.806. The van der Waals surface area contributed by atoms with E-state index in [4.69, 9.17) is 16.3 Å². The molecule has 0 spiro atoms. The Labute approximate surface area is 128 Å². The molecule has 0 fully saturated rings. The number of aromatic nitrogens is 1. The first-order valence-electron chi connectivity index (χ1n) is 6.45. The van der Waals surface area contributed by atoms with Crippen LogP contribution in [0.15, 0.2) is 42.6 Å². The van der Waals surface area contributed by atoms with Gasteiger partial charge in [0.1, 0.15) is 5.69 Å². The van der Waals surface area contributed by atoms with Crippen molar-refractivity contribution in [3.63, 3.8) is 0 Å². The van der Waals surface area contributed by atoms with E-state index in [0.29, 0.717) is 23.9 Å². The van der Waals surface area contributed by atoms with Gasteiger partial charge < -0.3 is 15.4 Å². The molecule has 0 radical (unpaired) electrons. The molecule has 1 amide bonds. The maximum Gasteiger partial charge on any atom is 0.270 e. The molecule has 21 heavy (non-hydrogen) atoms. The van der Waals surface area contributed by atoms with Crippen LogP contribution >= 0.6 is 11.6 Å². The van der Waals surface area contributed by atoms with Crippen molar-refractivity contribution in [2.45, 2.75) is 0 Å². The van der Waals surface area contributed by atoms with Gasteiger partial charge in [-0.2, -0.15) is 0 Å². The summed E-state index contributed by atoms with van der Waals surface area (Å²) in [7, 11) is 1.58. The molecule has 5 nitrogen and oxygen atoms in total. The summed E-state index contributed by atoms with van der Waals surface area (Å²) in [6, 6.07) is 10.8.